The minimum atomic E-state index is -0.755. The number of benzene rings is 3. The van der Waals surface area contributed by atoms with E-state index in [9.17, 15) is 13.2 Å². The number of rotatable bonds is 6. The Morgan fingerprint density at radius 3 is 2.32 bits per heavy atom. The Morgan fingerprint density at radius 2 is 1.65 bits per heavy atom. The maximum Gasteiger partial charge on any atom is 0.173 e. The van der Waals surface area contributed by atoms with E-state index < -0.39 is 22.9 Å². The minimum absolute atomic E-state index is 0.115. The van der Waals surface area contributed by atoms with Crippen molar-refractivity contribution < 1.29 is 13.2 Å². The molecule has 0 unspecified atom stereocenters. The van der Waals surface area contributed by atoms with E-state index >= 15 is 0 Å². The standard InChI is InChI=1S/C25H18Cl3F3N2S/c1-25(2,14-6-8-18(27)19(28)10-14)23-12-32-24(33(23)22-9-7-15(29)11-21(22)31)34-13-16-17(26)4-3-5-20(16)30/h3-12H,13H2,1-2H3. The Balaban J connectivity index is 1.84. The third-order valence-corrected chi connectivity index (χ3v) is 7.64. The summed E-state index contributed by atoms with van der Waals surface area (Å²) in [6.45, 7) is 3.87. The first-order valence-electron chi connectivity index (χ1n) is 10.1. The third-order valence-electron chi connectivity index (χ3n) is 5.57. The van der Waals surface area contributed by atoms with E-state index in [-0.39, 0.29) is 16.5 Å². The van der Waals surface area contributed by atoms with Gasteiger partial charge < -0.3 is 0 Å². The van der Waals surface area contributed by atoms with Gasteiger partial charge in [-0.2, -0.15) is 0 Å². The van der Waals surface area contributed by atoms with Gasteiger partial charge in [0.2, 0.25) is 0 Å². The average Bonchev–Trinajstić information content (AvgIpc) is 3.20. The number of thioether (sulfide) groups is 1. The molecule has 0 aliphatic heterocycles. The Kier molecular flexibility index (Phi) is 7.25. The molecular weight excluding hydrogens is 524 g/mol. The summed E-state index contributed by atoms with van der Waals surface area (Å²) in [5.41, 5.74) is 1.17. The van der Waals surface area contributed by atoms with Gasteiger partial charge in [-0.1, -0.05) is 72.5 Å². The van der Waals surface area contributed by atoms with Crippen LogP contribution in [0.15, 0.2) is 66.0 Å². The maximum atomic E-state index is 15.0. The first kappa shape index (κ1) is 25.0. The summed E-state index contributed by atoms with van der Waals surface area (Å²) < 4.78 is 44.6. The molecule has 1 aromatic heterocycles. The lowest BCUT2D eigenvalue weighted by Crippen LogP contribution is -2.23. The summed E-state index contributed by atoms with van der Waals surface area (Å²) in [6.07, 6.45) is 1.62. The molecule has 0 saturated carbocycles. The molecule has 0 aliphatic rings. The zero-order valence-corrected chi connectivity index (χ0v) is 21.1. The van der Waals surface area contributed by atoms with Crippen molar-refractivity contribution in [3.05, 3.63) is 110 Å². The van der Waals surface area contributed by atoms with Crippen LogP contribution in [0.2, 0.25) is 15.1 Å². The van der Waals surface area contributed by atoms with Crippen LogP contribution in [-0.2, 0) is 11.2 Å². The molecule has 2 nitrogen and oxygen atoms in total. The number of hydrogen-bond acceptors (Lipinski definition) is 2. The molecule has 4 aromatic rings. The van der Waals surface area contributed by atoms with Gasteiger partial charge in [-0.3, -0.25) is 4.57 Å². The van der Waals surface area contributed by atoms with Gasteiger partial charge in [0, 0.05) is 27.8 Å². The van der Waals surface area contributed by atoms with Crippen molar-refractivity contribution in [1.82, 2.24) is 9.55 Å². The molecule has 0 atom stereocenters. The molecule has 0 amide bonds. The summed E-state index contributed by atoms with van der Waals surface area (Å²) in [4.78, 5) is 4.50. The molecule has 0 aliphatic carbocycles. The normalized spacial score (nSPS) is 11.8. The van der Waals surface area contributed by atoms with Crippen molar-refractivity contribution >= 4 is 46.6 Å². The highest BCUT2D eigenvalue weighted by Gasteiger charge is 2.31. The molecule has 0 spiro atoms. The Hall–Kier alpha value is -2.12. The molecule has 176 valence electrons. The van der Waals surface area contributed by atoms with Crippen LogP contribution in [0.25, 0.3) is 5.69 Å². The smallest absolute Gasteiger partial charge is 0.173 e. The molecule has 0 saturated heterocycles. The van der Waals surface area contributed by atoms with Crippen molar-refractivity contribution in [2.24, 2.45) is 0 Å². The highest BCUT2D eigenvalue weighted by atomic mass is 35.5. The summed E-state index contributed by atoms with van der Waals surface area (Å²) >= 11 is 19.7. The maximum absolute atomic E-state index is 15.0. The largest absolute Gasteiger partial charge is 0.288 e. The molecule has 1 heterocycles. The van der Waals surface area contributed by atoms with Crippen molar-refractivity contribution in [3.63, 3.8) is 0 Å². The first-order valence-corrected chi connectivity index (χ1v) is 12.3. The van der Waals surface area contributed by atoms with Crippen LogP contribution in [0.3, 0.4) is 0 Å². The molecule has 3 aromatic carbocycles. The fourth-order valence-corrected chi connectivity index (χ4v) is 5.24. The van der Waals surface area contributed by atoms with E-state index in [2.05, 4.69) is 4.98 Å². The monoisotopic (exact) mass is 540 g/mol. The predicted octanol–water partition coefficient (Wildman–Crippen LogP) is 8.87. The van der Waals surface area contributed by atoms with Gasteiger partial charge in [-0.05, 0) is 42.0 Å². The van der Waals surface area contributed by atoms with Crippen molar-refractivity contribution in [3.8, 4) is 5.69 Å². The lowest BCUT2D eigenvalue weighted by Gasteiger charge is -2.28. The third kappa shape index (κ3) is 4.82. The summed E-state index contributed by atoms with van der Waals surface area (Å²) in [7, 11) is 0. The van der Waals surface area contributed by atoms with Crippen LogP contribution in [-0.4, -0.2) is 9.55 Å². The summed E-state index contributed by atoms with van der Waals surface area (Å²) in [5.74, 6) is -1.73. The van der Waals surface area contributed by atoms with Crippen LogP contribution in [0, 0.1) is 17.5 Å². The van der Waals surface area contributed by atoms with Gasteiger partial charge in [0.05, 0.1) is 27.6 Å². The van der Waals surface area contributed by atoms with Crippen molar-refractivity contribution in [2.45, 2.75) is 30.2 Å². The average molecular weight is 542 g/mol. The topological polar surface area (TPSA) is 17.8 Å². The van der Waals surface area contributed by atoms with Crippen molar-refractivity contribution in [2.75, 3.05) is 0 Å². The Bertz CT molecular complexity index is 1350. The molecule has 34 heavy (non-hydrogen) atoms. The van der Waals surface area contributed by atoms with Crippen molar-refractivity contribution in [1.29, 1.82) is 0 Å². The number of halogens is 6. The minimum Gasteiger partial charge on any atom is -0.288 e. The number of imidazole rings is 1. The van der Waals surface area contributed by atoms with Crippen LogP contribution < -0.4 is 0 Å². The van der Waals surface area contributed by atoms with E-state index in [0.29, 0.717) is 26.5 Å². The molecule has 4 rings (SSSR count). The first-order chi connectivity index (χ1) is 16.1. The second-order valence-corrected chi connectivity index (χ2v) is 10.3. The fraction of sp³-hybridized carbons (Fsp3) is 0.160. The molecular formula is C25H18Cl3F3N2S. The van der Waals surface area contributed by atoms with Crippen LogP contribution in [0.5, 0.6) is 0 Å². The Morgan fingerprint density at radius 1 is 0.882 bits per heavy atom. The number of aromatic nitrogens is 2. The van der Waals surface area contributed by atoms with E-state index in [1.807, 2.05) is 19.9 Å². The second-order valence-electron chi connectivity index (χ2n) is 8.10. The number of hydrogen-bond donors (Lipinski definition) is 0. The predicted molar refractivity (Wildman–Crippen MR) is 133 cm³/mol. The van der Waals surface area contributed by atoms with Gasteiger partial charge in [-0.15, -0.1) is 0 Å². The molecule has 9 heteroatoms. The quantitative estimate of drug-likeness (QED) is 0.227. The highest BCUT2D eigenvalue weighted by Crippen LogP contribution is 2.39. The van der Waals surface area contributed by atoms with Crippen LogP contribution in [0.1, 0.15) is 30.7 Å². The zero-order valence-electron chi connectivity index (χ0n) is 18.1. The molecule has 0 N–H and O–H groups in total. The number of nitrogens with zero attached hydrogens (tertiary/aromatic N) is 2. The molecule has 0 fully saturated rings. The lowest BCUT2D eigenvalue weighted by molar-refractivity contribution is 0.556. The fourth-order valence-electron chi connectivity index (χ4n) is 3.61. The Labute approximate surface area is 214 Å². The van der Waals surface area contributed by atoms with E-state index in [1.54, 1.807) is 29.0 Å². The molecule has 0 bridgehead atoms. The van der Waals surface area contributed by atoms with E-state index in [4.69, 9.17) is 34.8 Å². The van der Waals surface area contributed by atoms with Gasteiger partial charge in [0.1, 0.15) is 17.5 Å². The van der Waals surface area contributed by atoms with E-state index in [1.165, 1.54) is 36.0 Å². The van der Waals surface area contributed by atoms with Gasteiger partial charge in [-0.25, -0.2) is 18.2 Å². The van der Waals surface area contributed by atoms with Crippen LogP contribution in [0.4, 0.5) is 13.2 Å². The summed E-state index contributed by atoms with van der Waals surface area (Å²) in [5, 5.41) is 1.48. The lowest BCUT2D eigenvalue weighted by atomic mass is 9.81. The van der Waals surface area contributed by atoms with Gasteiger partial charge >= 0.3 is 0 Å². The second kappa shape index (κ2) is 9.86. The summed E-state index contributed by atoms with van der Waals surface area (Å²) in [6, 6.07) is 13.1. The van der Waals surface area contributed by atoms with Crippen LogP contribution >= 0.6 is 46.6 Å². The van der Waals surface area contributed by atoms with Gasteiger partial charge in [0.25, 0.3) is 0 Å². The zero-order chi connectivity index (χ0) is 24.6. The van der Waals surface area contributed by atoms with E-state index in [0.717, 1.165) is 11.6 Å². The molecule has 0 radical (unpaired) electrons. The highest BCUT2D eigenvalue weighted by molar-refractivity contribution is 7.98. The SMILES string of the molecule is CC(C)(c1ccc(Cl)c(Cl)c1)c1cnc(SCc2c(F)cccc2Cl)n1-c1ccc(F)cc1F. The van der Waals surface area contributed by atoms with Gasteiger partial charge in [0.15, 0.2) is 5.16 Å².